The van der Waals surface area contributed by atoms with Crippen LogP contribution in [0.1, 0.15) is 19.4 Å². The lowest BCUT2D eigenvalue weighted by molar-refractivity contribution is 0.230. The Balaban J connectivity index is 1.97. The van der Waals surface area contributed by atoms with Crippen LogP contribution in [0.4, 0.5) is 10.1 Å². The van der Waals surface area contributed by atoms with Crippen LogP contribution in [-0.4, -0.2) is 18.3 Å². The van der Waals surface area contributed by atoms with Gasteiger partial charge in [0.25, 0.3) is 0 Å². The highest BCUT2D eigenvalue weighted by atomic mass is 79.9. The molecular formula is C18H20BrFN2O2S. The first-order valence-corrected chi connectivity index (χ1v) is 8.92. The van der Waals surface area contributed by atoms with Crippen LogP contribution in [0, 0.1) is 5.82 Å². The number of hydrogen-bond acceptors (Lipinski definition) is 3. The largest absolute Gasteiger partial charge is 0.493 e. The quantitative estimate of drug-likeness (QED) is 0.644. The fraction of sp³-hybridized carbons (Fsp3) is 0.278. The van der Waals surface area contributed by atoms with E-state index in [0.29, 0.717) is 33.3 Å². The van der Waals surface area contributed by atoms with Crippen molar-refractivity contribution in [2.75, 3.05) is 12.4 Å². The fourth-order valence-electron chi connectivity index (χ4n) is 2.11. The van der Waals surface area contributed by atoms with E-state index in [0.717, 1.165) is 5.56 Å². The van der Waals surface area contributed by atoms with Gasteiger partial charge in [-0.05, 0) is 62.0 Å². The van der Waals surface area contributed by atoms with E-state index in [1.165, 1.54) is 6.07 Å². The van der Waals surface area contributed by atoms with Gasteiger partial charge in [0.2, 0.25) is 0 Å². The van der Waals surface area contributed by atoms with Crippen LogP contribution in [0.2, 0.25) is 0 Å². The number of anilines is 1. The molecule has 4 nitrogen and oxygen atoms in total. The average Bonchev–Trinajstić information content (AvgIpc) is 2.56. The summed E-state index contributed by atoms with van der Waals surface area (Å²) in [6.07, 6.45) is 0.0652. The Labute approximate surface area is 160 Å². The van der Waals surface area contributed by atoms with Gasteiger partial charge in [0.1, 0.15) is 5.82 Å². The van der Waals surface area contributed by atoms with Crippen molar-refractivity contribution in [1.82, 2.24) is 5.32 Å². The SMILES string of the molecule is COc1cc(CNC(=S)Nc2ccc(Br)cc2F)ccc1OC(C)C. The molecule has 134 valence electrons. The summed E-state index contributed by atoms with van der Waals surface area (Å²) in [7, 11) is 1.60. The third kappa shape index (κ3) is 5.86. The molecule has 2 aromatic carbocycles. The normalized spacial score (nSPS) is 10.5. The van der Waals surface area contributed by atoms with Crippen molar-refractivity contribution in [3.05, 3.63) is 52.3 Å². The van der Waals surface area contributed by atoms with Crippen molar-refractivity contribution in [2.45, 2.75) is 26.5 Å². The molecule has 0 amide bonds. The predicted octanol–water partition coefficient (Wildman–Crippen LogP) is 4.87. The zero-order chi connectivity index (χ0) is 18.4. The molecule has 0 aliphatic carbocycles. The summed E-state index contributed by atoms with van der Waals surface area (Å²) in [6, 6.07) is 10.4. The summed E-state index contributed by atoms with van der Waals surface area (Å²) in [5.74, 6) is 0.972. The monoisotopic (exact) mass is 426 g/mol. The van der Waals surface area contributed by atoms with E-state index in [2.05, 4.69) is 26.6 Å². The van der Waals surface area contributed by atoms with E-state index >= 15 is 0 Å². The molecule has 0 bridgehead atoms. The highest BCUT2D eigenvalue weighted by Crippen LogP contribution is 2.29. The molecule has 2 aromatic rings. The molecule has 0 aliphatic heterocycles. The molecule has 0 aromatic heterocycles. The average molecular weight is 427 g/mol. The van der Waals surface area contributed by atoms with Crippen molar-refractivity contribution in [2.24, 2.45) is 0 Å². The minimum absolute atomic E-state index is 0.0652. The molecule has 25 heavy (non-hydrogen) atoms. The summed E-state index contributed by atoms with van der Waals surface area (Å²) in [6.45, 7) is 4.39. The highest BCUT2D eigenvalue weighted by molar-refractivity contribution is 9.10. The zero-order valence-corrected chi connectivity index (χ0v) is 16.6. The van der Waals surface area contributed by atoms with Crippen molar-refractivity contribution in [1.29, 1.82) is 0 Å². The Morgan fingerprint density at radius 2 is 1.96 bits per heavy atom. The number of ether oxygens (including phenoxy) is 2. The standard InChI is InChI=1S/C18H20BrFN2O2S/c1-11(2)24-16-7-4-12(8-17(16)23-3)10-21-18(25)22-15-6-5-13(19)9-14(15)20/h4-9,11H,10H2,1-3H3,(H2,21,22,25). The molecule has 2 rings (SSSR count). The molecule has 0 fully saturated rings. The maximum absolute atomic E-state index is 13.8. The van der Waals surface area contributed by atoms with Gasteiger partial charge in [0, 0.05) is 11.0 Å². The molecule has 0 atom stereocenters. The van der Waals surface area contributed by atoms with E-state index in [1.807, 2.05) is 32.0 Å². The van der Waals surface area contributed by atoms with Gasteiger partial charge in [0.05, 0.1) is 18.9 Å². The fourth-order valence-corrected chi connectivity index (χ4v) is 2.63. The lowest BCUT2D eigenvalue weighted by Crippen LogP contribution is -2.28. The number of nitrogens with one attached hydrogen (secondary N) is 2. The number of methoxy groups -OCH3 is 1. The lowest BCUT2D eigenvalue weighted by atomic mass is 10.2. The van der Waals surface area contributed by atoms with E-state index in [4.69, 9.17) is 21.7 Å². The van der Waals surface area contributed by atoms with Gasteiger partial charge in [0.15, 0.2) is 16.6 Å². The van der Waals surface area contributed by atoms with Crippen molar-refractivity contribution in [3.63, 3.8) is 0 Å². The van der Waals surface area contributed by atoms with Gasteiger partial charge in [-0.3, -0.25) is 0 Å². The second kappa shape index (κ2) is 9.01. The van der Waals surface area contributed by atoms with Gasteiger partial charge in [-0.15, -0.1) is 0 Å². The van der Waals surface area contributed by atoms with E-state index in [-0.39, 0.29) is 11.9 Å². The topological polar surface area (TPSA) is 42.5 Å². The van der Waals surface area contributed by atoms with Gasteiger partial charge in [-0.2, -0.15) is 0 Å². The molecule has 0 heterocycles. The van der Waals surface area contributed by atoms with Crippen LogP contribution >= 0.6 is 28.1 Å². The van der Waals surface area contributed by atoms with E-state index in [1.54, 1.807) is 19.2 Å². The van der Waals surface area contributed by atoms with E-state index in [9.17, 15) is 4.39 Å². The minimum atomic E-state index is -0.379. The minimum Gasteiger partial charge on any atom is -0.493 e. The number of halogens is 2. The van der Waals surface area contributed by atoms with Crippen molar-refractivity contribution >= 4 is 38.9 Å². The van der Waals surface area contributed by atoms with Crippen LogP contribution < -0.4 is 20.1 Å². The molecule has 0 aliphatic rings. The first-order chi connectivity index (χ1) is 11.9. The number of rotatable bonds is 6. The molecular weight excluding hydrogens is 407 g/mol. The molecule has 0 radical (unpaired) electrons. The first-order valence-electron chi connectivity index (χ1n) is 7.72. The number of hydrogen-bond donors (Lipinski definition) is 2. The van der Waals surface area contributed by atoms with Crippen LogP contribution in [0.5, 0.6) is 11.5 Å². The third-order valence-corrected chi connectivity index (χ3v) is 3.96. The van der Waals surface area contributed by atoms with Crippen molar-refractivity contribution in [3.8, 4) is 11.5 Å². The molecule has 0 spiro atoms. The zero-order valence-electron chi connectivity index (χ0n) is 14.2. The van der Waals surface area contributed by atoms with Gasteiger partial charge >= 0.3 is 0 Å². The second-order valence-corrected chi connectivity index (χ2v) is 6.91. The van der Waals surface area contributed by atoms with E-state index < -0.39 is 0 Å². The first kappa shape index (κ1) is 19.5. The maximum atomic E-state index is 13.8. The van der Waals surface area contributed by atoms with Crippen LogP contribution in [0.15, 0.2) is 40.9 Å². The Morgan fingerprint density at radius 3 is 2.60 bits per heavy atom. The number of benzene rings is 2. The summed E-state index contributed by atoms with van der Waals surface area (Å²) < 4.78 is 25.5. The molecule has 2 N–H and O–H groups in total. The summed E-state index contributed by atoms with van der Waals surface area (Å²) in [5, 5.41) is 6.22. The summed E-state index contributed by atoms with van der Waals surface area (Å²) in [5.41, 5.74) is 1.28. The second-order valence-electron chi connectivity index (χ2n) is 5.58. The number of thiocarbonyl (C=S) groups is 1. The Morgan fingerprint density at radius 1 is 1.20 bits per heavy atom. The molecule has 0 unspecified atom stereocenters. The smallest absolute Gasteiger partial charge is 0.171 e. The Kier molecular flexibility index (Phi) is 7.01. The van der Waals surface area contributed by atoms with Crippen molar-refractivity contribution < 1.29 is 13.9 Å². The Bertz CT molecular complexity index is 756. The summed E-state index contributed by atoms with van der Waals surface area (Å²) >= 11 is 8.43. The lowest BCUT2D eigenvalue weighted by Gasteiger charge is -2.15. The van der Waals surface area contributed by atoms with Gasteiger partial charge in [-0.25, -0.2) is 4.39 Å². The maximum Gasteiger partial charge on any atom is 0.171 e. The highest BCUT2D eigenvalue weighted by Gasteiger charge is 2.09. The summed E-state index contributed by atoms with van der Waals surface area (Å²) in [4.78, 5) is 0. The van der Waals surface area contributed by atoms with Gasteiger partial charge in [-0.1, -0.05) is 22.0 Å². The van der Waals surface area contributed by atoms with Crippen LogP contribution in [-0.2, 0) is 6.54 Å². The van der Waals surface area contributed by atoms with Crippen LogP contribution in [0.3, 0.4) is 0 Å². The predicted molar refractivity (Wildman–Crippen MR) is 106 cm³/mol. The third-order valence-electron chi connectivity index (χ3n) is 3.22. The molecule has 0 saturated heterocycles. The van der Waals surface area contributed by atoms with Crippen LogP contribution in [0.25, 0.3) is 0 Å². The molecule has 7 heteroatoms. The van der Waals surface area contributed by atoms with Gasteiger partial charge < -0.3 is 20.1 Å². The molecule has 0 saturated carbocycles. The Hall–Kier alpha value is -1.86.